The summed E-state index contributed by atoms with van der Waals surface area (Å²) in [7, 11) is 0. The summed E-state index contributed by atoms with van der Waals surface area (Å²) < 4.78 is 11.2. The van der Waals surface area contributed by atoms with Crippen LogP contribution in [0, 0.1) is 0 Å². The Morgan fingerprint density at radius 3 is 2.48 bits per heavy atom. The van der Waals surface area contributed by atoms with Gasteiger partial charge in [0.05, 0.1) is 18.6 Å². The van der Waals surface area contributed by atoms with Crippen LogP contribution in [0.4, 0.5) is 0 Å². The standard InChI is InChI=1S/C17H20ClNO2/c1-3-20-16-9-8-13(11-17(16)21-4-2)15(18)12-14-7-5-6-10-19-14/h5-11,15H,3-4,12H2,1-2H3. The number of benzene rings is 1. The van der Waals surface area contributed by atoms with E-state index in [0.717, 1.165) is 22.8 Å². The Kier molecular flexibility index (Phi) is 5.88. The summed E-state index contributed by atoms with van der Waals surface area (Å²) >= 11 is 6.51. The Hall–Kier alpha value is -1.74. The first kappa shape index (κ1) is 15.6. The quantitative estimate of drug-likeness (QED) is 0.710. The third-order valence-corrected chi connectivity index (χ3v) is 3.45. The molecule has 1 aromatic carbocycles. The number of nitrogens with zero attached hydrogens (tertiary/aromatic N) is 1. The van der Waals surface area contributed by atoms with Crippen LogP contribution in [0.2, 0.25) is 0 Å². The molecule has 112 valence electrons. The first-order valence-corrected chi connectivity index (χ1v) is 7.61. The maximum Gasteiger partial charge on any atom is 0.161 e. The molecule has 0 radical (unpaired) electrons. The molecule has 0 N–H and O–H groups in total. The van der Waals surface area contributed by atoms with Gasteiger partial charge in [-0.25, -0.2) is 0 Å². The van der Waals surface area contributed by atoms with Crippen molar-refractivity contribution in [2.75, 3.05) is 13.2 Å². The van der Waals surface area contributed by atoms with Crippen molar-refractivity contribution in [2.45, 2.75) is 25.6 Å². The molecule has 2 aromatic rings. The largest absolute Gasteiger partial charge is 0.490 e. The van der Waals surface area contributed by atoms with E-state index in [1.54, 1.807) is 6.20 Å². The fourth-order valence-electron chi connectivity index (χ4n) is 2.08. The smallest absolute Gasteiger partial charge is 0.161 e. The monoisotopic (exact) mass is 305 g/mol. The summed E-state index contributed by atoms with van der Waals surface area (Å²) in [5, 5.41) is -0.144. The van der Waals surface area contributed by atoms with Crippen LogP contribution in [0.1, 0.15) is 30.5 Å². The summed E-state index contributed by atoms with van der Waals surface area (Å²) in [5.41, 5.74) is 1.98. The van der Waals surface area contributed by atoms with E-state index in [2.05, 4.69) is 4.98 Å². The van der Waals surface area contributed by atoms with E-state index in [4.69, 9.17) is 21.1 Å². The predicted molar refractivity (Wildman–Crippen MR) is 85.3 cm³/mol. The molecule has 0 saturated heterocycles. The first-order valence-electron chi connectivity index (χ1n) is 7.18. The van der Waals surface area contributed by atoms with Gasteiger partial charge in [0.15, 0.2) is 11.5 Å². The highest BCUT2D eigenvalue weighted by atomic mass is 35.5. The van der Waals surface area contributed by atoms with Gasteiger partial charge in [-0.15, -0.1) is 11.6 Å². The number of pyridine rings is 1. The molecule has 2 rings (SSSR count). The Morgan fingerprint density at radius 1 is 1.05 bits per heavy atom. The number of halogens is 1. The highest BCUT2D eigenvalue weighted by molar-refractivity contribution is 6.20. The second kappa shape index (κ2) is 7.89. The normalized spacial score (nSPS) is 12.0. The minimum atomic E-state index is -0.144. The lowest BCUT2D eigenvalue weighted by atomic mass is 10.1. The molecule has 0 aliphatic heterocycles. The summed E-state index contributed by atoms with van der Waals surface area (Å²) in [4.78, 5) is 4.31. The van der Waals surface area contributed by atoms with Crippen molar-refractivity contribution >= 4 is 11.6 Å². The highest BCUT2D eigenvalue weighted by Gasteiger charge is 2.13. The molecule has 3 nitrogen and oxygen atoms in total. The van der Waals surface area contributed by atoms with Crippen molar-refractivity contribution in [1.82, 2.24) is 4.98 Å². The molecule has 4 heteroatoms. The lowest BCUT2D eigenvalue weighted by Gasteiger charge is -2.15. The molecule has 0 saturated carbocycles. The van der Waals surface area contributed by atoms with Gasteiger partial charge in [-0.1, -0.05) is 12.1 Å². The van der Waals surface area contributed by atoms with Gasteiger partial charge < -0.3 is 9.47 Å². The molecule has 0 aliphatic carbocycles. The molecular weight excluding hydrogens is 286 g/mol. The maximum atomic E-state index is 6.51. The van der Waals surface area contributed by atoms with E-state index in [1.165, 1.54) is 0 Å². The zero-order valence-electron chi connectivity index (χ0n) is 12.4. The summed E-state index contributed by atoms with van der Waals surface area (Å²) in [5.74, 6) is 1.49. The molecule has 1 aromatic heterocycles. The number of aromatic nitrogens is 1. The fraction of sp³-hybridized carbons (Fsp3) is 0.353. The van der Waals surface area contributed by atoms with E-state index in [0.29, 0.717) is 19.6 Å². The molecule has 0 spiro atoms. The molecule has 21 heavy (non-hydrogen) atoms. The van der Waals surface area contributed by atoms with Crippen LogP contribution in [0.25, 0.3) is 0 Å². The average Bonchev–Trinajstić information content (AvgIpc) is 2.50. The van der Waals surface area contributed by atoms with Crippen LogP contribution in [-0.4, -0.2) is 18.2 Å². The summed E-state index contributed by atoms with van der Waals surface area (Å²) in [6.45, 7) is 5.11. The number of hydrogen-bond acceptors (Lipinski definition) is 3. The van der Waals surface area contributed by atoms with E-state index in [-0.39, 0.29) is 5.38 Å². The van der Waals surface area contributed by atoms with Crippen LogP contribution in [0.5, 0.6) is 11.5 Å². The van der Waals surface area contributed by atoms with Crippen LogP contribution in [-0.2, 0) is 6.42 Å². The van der Waals surface area contributed by atoms with Gasteiger partial charge in [-0.3, -0.25) is 4.98 Å². The van der Waals surface area contributed by atoms with Gasteiger partial charge in [-0.2, -0.15) is 0 Å². The minimum absolute atomic E-state index is 0.144. The van der Waals surface area contributed by atoms with Crippen LogP contribution in [0.3, 0.4) is 0 Å². The average molecular weight is 306 g/mol. The number of hydrogen-bond donors (Lipinski definition) is 0. The second-order valence-corrected chi connectivity index (χ2v) is 5.09. The van der Waals surface area contributed by atoms with E-state index in [9.17, 15) is 0 Å². The van der Waals surface area contributed by atoms with Gasteiger partial charge in [0, 0.05) is 18.3 Å². The van der Waals surface area contributed by atoms with Crippen molar-refractivity contribution < 1.29 is 9.47 Å². The molecule has 1 heterocycles. The molecule has 0 fully saturated rings. The molecule has 0 bridgehead atoms. The van der Waals surface area contributed by atoms with Gasteiger partial charge >= 0.3 is 0 Å². The molecule has 0 amide bonds. The van der Waals surface area contributed by atoms with E-state index >= 15 is 0 Å². The molecular formula is C17H20ClNO2. The van der Waals surface area contributed by atoms with Crippen LogP contribution in [0.15, 0.2) is 42.6 Å². The number of alkyl halides is 1. The highest BCUT2D eigenvalue weighted by Crippen LogP contribution is 2.33. The SMILES string of the molecule is CCOc1ccc(C(Cl)Cc2ccccn2)cc1OCC. The zero-order valence-corrected chi connectivity index (χ0v) is 13.1. The van der Waals surface area contributed by atoms with Crippen molar-refractivity contribution in [3.05, 3.63) is 53.9 Å². The molecule has 1 atom stereocenters. The Labute approximate surface area is 130 Å². The lowest BCUT2D eigenvalue weighted by Crippen LogP contribution is -2.02. The van der Waals surface area contributed by atoms with Crippen molar-refractivity contribution in [3.63, 3.8) is 0 Å². The van der Waals surface area contributed by atoms with Crippen molar-refractivity contribution in [3.8, 4) is 11.5 Å². The summed E-state index contributed by atoms with van der Waals surface area (Å²) in [6, 6.07) is 11.7. The van der Waals surface area contributed by atoms with Gasteiger partial charge in [0.1, 0.15) is 0 Å². The van der Waals surface area contributed by atoms with Gasteiger partial charge in [0.25, 0.3) is 0 Å². The second-order valence-electron chi connectivity index (χ2n) is 4.56. The van der Waals surface area contributed by atoms with Crippen molar-refractivity contribution in [2.24, 2.45) is 0 Å². The zero-order chi connectivity index (χ0) is 15.1. The van der Waals surface area contributed by atoms with Gasteiger partial charge in [0.2, 0.25) is 0 Å². The Balaban J connectivity index is 2.17. The Bertz CT molecular complexity index is 560. The first-order chi connectivity index (χ1) is 10.2. The van der Waals surface area contributed by atoms with Crippen LogP contribution < -0.4 is 9.47 Å². The van der Waals surface area contributed by atoms with Crippen molar-refractivity contribution in [1.29, 1.82) is 0 Å². The number of rotatable bonds is 7. The van der Waals surface area contributed by atoms with E-state index in [1.807, 2.05) is 50.2 Å². The number of ether oxygens (including phenoxy) is 2. The Morgan fingerprint density at radius 2 is 1.81 bits per heavy atom. The predicted octanol–water partition coefficient (Wildman–Crippen LogP) is 4.40. The topological polar surface area (TPSA) is 31.4 Å². The lowest BCUT2D eigenvalue weighted by molar-refractivity contribution is 0.287. The maximum absolute atomic E-state index is 6.51. The third kappa shape index (κ3) is 4.36. The molecule has 0 aliphatic rings. The van der Waals surface area contributed by atoms with Crippen LogP contribution >= 0.6 is 11.6 Å². The molecule has 1 unspecified atom stereocenters. The van der Waals surface area contributed by atoms with Gasteiger partial charge in [-0.05, 0) is 43.7 Å². The van der Waals surface area contributed by atoms with E-state index < -0.39 is 0 Å². The third-order valence-electron chi connectivity index (χ3n) is 3.04. The minimum Gasteiger partial charge on any atom is -0.490 e. The summed E-state index contributed by atoms with van der Waals surface area (Å²) in [6.07, 6.45) is 2.46. The fourth-order valence-corrected chi connectivity index (χ4v) is 2.38.